The highest BCUT2D eigenvalue weighted by Crippen LogP contribution is 2.38. The third kappa shape index (κ3) is 3.34. The van der Waals surface area contributed by atoms with Crippen LogP contribution in [0.2, 0.25) is 0 Å². The molecular weight excluding hydrogens is 437 g/mol. The Bertz CT molecular complexity index is 811. The van der Waals surface area contributed by atoms with Crippen molar-refractivity contribution < 1.29 is 23.8 Å². The Kier molecular flexibility index (Phi) is 5.24. The fourth-order valence-corrected chi connectivity index (χ4v) is 3.20. The zero-order chi connectivity index (χ0) is 18.0. The predicted octanol–water partition coefficient (Wildman–Crippen LogP) is 3.11. The maximum absolute atomic E-state index is 12.8. The molecule has 1 aliphatic rings. The first-order valence-electron chi connectivity index (χ1n) is 7.61. The number of benzene rings is 1. The average molecular weight is 453 g/mol. The number of methoxy groups -OCH3 is 1. The summed E-state index contributed by atoms with van der Waals surface area (Å²) in [4.78, 5) is 26.8. The Morgan fingerprint density at radius 3 is 2.64 bits per heavy atom. The smallest absolute Gasteiger partial charge is 0.290 e. The summed E-state index contributed by atoms with van der Waals surface area (Å²) < 4.78 is 11.2. The Balaban J connectivity index is 2.06. The van der Waals surface area contributed by atoms with Crippen molar-refractivity contribution in [1.82, 2.24) is 4.90 Å². The van der Waals surface area contributed by atoms with E-state index in [2.05, 4.69) is 22.6 Å². The van der Waals surface area contributed by atoms with Crippen molar-refractivity contribution in [3.8, 4) is 0 Å². The van der Waals surface area contributed by atoms with Gasteiger partial charge in [0.2, 0.25) is 5.78 Å². The van der Waals surface area contributed by atoms with E-state index in [0.717, 1.165) is 9.13 Å². The highest BCUT2D eigenvalue weighted by atomic mass is 127. The van der Waals surface area contributed by atoms with E-state index in [1.165, 1.54) is 24.3 Å². The maximum Gasteiger partial charge on any atom is 0.290 e. The summed E-state index contributed by atoms with van der Waals surface area (Å²) in [7, 11) is 1.53. The summed E-state index contributed by atoms with van der Waals surface area (Å²) >= 11 is 2.18. The number of furan rings is 1. The molecule has 1 amide bonds. The van der Waals surface area contributed by atoms with Gasteiger partial charge in [-0.25, -0.2) is 0 Å². The van der Waals surface area contributed by atoms with Crippen molar-refractivity contribution in [2.45, 2.75) is 6.04 Å². The summed E-state index contributed by atoms with van der Waals surface area (Å²) in [6.07, 6.45) is 1.38. The van der Waals surface area contributed by atoms with E-state index in [4.69, 9.17) is 9.15 Å². The molecule has 2 aromatic rings. The Hall–Kier alpha value is -2.13. The molecule has 2 heterocycles. The quantitative estimate of drug-likeness (QED) is 0.537. The fourth-order valence-electron chi connectivity index (χ4n) is 2.84. The van der Waals surface area contributed by atoms with Crippen LogP contribution in [0.15, 0.2) is 58.4 Å². The minimum atomic E-state index is -0.683. The topological polar surface area (TPSA) is 80.0 Å². The molecule has 1 atom stereocenters. The average Bonchev–Trinajstić information content (AvgIpc) is 3.22. The lowest BCUT2D eigenvalue weighted by atomic mass is 9.95. The SMILES string of the molecule is COCCN1C(=O)C(O)=C(C(=O)c2ccco2)[C@H]1c1ccc(I)cc1. The first-order valence-corrected chi connectivity index (χ1v) is 8.69. The second kappa shape index (κ2) is 7.40. The molecule has 0 radical (unpaired) electrons. The van der Waals surface area contributed by atoms with Gasteiger partial charge in [-0.3, -0.25) is 9.59 Å². The molecule has 1 aromatic heterocycles. The van der Waals surface area contributed by atoms with Crippen LogP contribution < -0.4 is 0 Å². The number of Topliss-reactive ketones (excluding diaryl/α,β-unsaturated/α-hetero) is 1. The number of amides is 1. The Morgan fingerprint density at radius 1 is 1.32 bits per heavy atom. The van der Waals surface area contributed by atoms with Crippen molar-refractivity contribution in [2.75, 3.05) is 20.3 Å². The van der Waals surface area contributed by atoms with Crippen LogP contribution in [-0.2, 0) is 9.53 Å². The van der Waals surface area contributed by atoms with E-state index in [-0.39, 0.29) is 17.9 Å². The van der Waals surface area contributed by atoms with Gasteiger partial charge in [0.1, 0.15) is 0 Å². The van der Waals surface area contributed by atoms with Gasteiger partial charge in [0.15, 0.2) is 11.5 Å². The zero-order valence-electron chi connectivity index (χ0n) is 13.4. The van der Waals surface area contributed by atoms with Gasteiger partial charge in [-0.05, 0) is 52.4 Å². The van der Waals surface area contributed by atoms with Crippen LogP contribution in [0.5, 0.6) is 0 Å². The van der Waals surface area contributed by atoms with Gasteiger partial charge in [-0.15, -0.1) is 0 Å². The first kappa shape index (κ1) is 17.7. The molecular formula is C18H16INO5. The van der Waals surface area contributed by atoms with E-state index >= 15 is 0 Å². The van der Waals surface area contributed by atoms with E-state index in [0.29, 0.717) is 6.61 Å². The number of carbonyl (C=O) groups excluding carboxylic acids is 2. The number of carbonyl (C=O) groups is 2. The van der Waals surface area contributed by atoms with Crippen LogP contribution >= 0.6 is 22.6 Å². The standard InChI is InChI=1S/C18H16INO5/c1-24-10-8-20-15(11-4-6-12(19)7-5-11)14(17(22)18(20)23)16(21)13-3-2-9-25-13/h2-7,9,15,22H,8,10H2,1H3/t15-/m1/s1. The summed E-state index contributed by atoms with van der Waals surface area (Å²) in [6, 6.07) is 9.87. The van der Waals surface area contributed by atoms with Crippen LogP contribution in [0.1, 0.15) is 22.2 Å². The largest absolute Gasteiger partial charge is 0.503 e. The molecule has 0 saturated heterocycles. The lowest BCUT2D eigenvalue weighted by Gasteiger charge is -2.26. The number of rotatable bonds is 6. The Labute approximate surface area is 158 Å². The number of nitrogens with zero attached hydrogens (tertiary/aromatic N) is 1. The number of aliphatic hydroxyl groups is 1. The molecule has 3 rings (SSSR count). The van der Waals surface area contributed by atoms with Crippen LogP contribution in [0.4, 0.5) is 0 Å². The number of hydrogen-bond acceptors (Lipinski definition) is 5. The second-order valence-electron chi connectivity index (χ2n) is 5.51. The number of ether oxygens (including phenoxy) is 1. The molecule has 130 valence electrons. The maximum atomic E-state index is 12.8. The summed E-state index contributed by atoms with van der Waals surface area (Å²) in [5, 5.41) is 10.4. The Morgan fingerprint density at radius 2 is 2.04 bits per heavy atom. The molecule has 1 N–H and O–H groups in total. The lowest BCUT2D eigenvalue weighted by Crippen LogP contribution is -2.34. The van der Waals surface area contributed by atoms with E-state index in [9.17, 15) is 14.7 Å². The van der Waals surface area contributed by atoms with Crippen molar-refractivity contribution in [3.05, 3.63) is 68.9 Å². The van der Waals surface area contributed by atoms with E-state index < -0.39 is 23.5 Å². The van der Waals surface area contributed by atoms with Crippen LogP contribution in [0, 0.1) is 3.57 Å². The predicted molar refractivity (Wildman–Crippen MR) is 98.2 cm³/mol. The molecule has 0 unspecified atom stereocenters. The van der Waals surface area contributed by atoms with E-state index in [1.807, 2.05) is 24.3 Å². The third-order valence-corrected chi connectivity index (χ3v) is 4.73. The molecule has 7 heteroatoms. The van der Waals surface area contributed by atoms with E-state index in [1.54, 1.807) is 6.07 Å². The third-order valence-electron chi connectivity index (χ3n) is 4.02. The normalized spacial score (nSPS) is 17.4. The molecule has 0 spiro atoms. The lowest BCUT2D eigenvalue weighted by molar-refractivity contribution is -0.130. The minimum absolute atomic E-state index is 0.0252. The zero-order valence-corrected chi connectivity index (χ0v) is 15.6. The summed E-state index contributed by atoms with van der Waals surface area (Å²) in [5.74, 6) is -1.55. The van der Waals surface area contributed by atoms with Gasteiger partial charge in [0.25, 0.3) is 5.91 Å². The number of hydrogen-bond donors (Lipinski definition) is 1. The van der Waals surface area contributed by atoms with Gasteiger partial charge in [-0.2, -0.15) is 0 Å². The number of aliphatic hydroxyl groups excluding tert-OH is 1. The molecule has 25 heavy (non-hydrogen) atoms. The second-order valence-corrected chi connectivity index (χ2v) is 6.76. The monoisotopic (exact) mass is 453 g/mol. The van der Waals surface area contributed by atoms with Crippen molar-refractivity contribution in [2.24, 2.45) is 0 Å². The van der Waals surface area contributed by atoms with Crippen molar-refractivity contribution in [3.63, 3.8) is 0 Å². The molecule has 1 aromatic carbocycles. The minimum Gasteiger partial charge on any atom is -0.503 e. The molecule has 0 fully saturated rings. The van der Waals surface area contributed by atoms with Gasteiger partial charge in [0, 0.05) is 17.2 Å². The van der Waals surface area contributed by atoms with Crippen LogP contribution in [0.25, 0.3) is 0 Å². The van der Waals surface area contributed by atoms with Gasteiger partial charge < -0.3 is 19.2 Å². The van der Waals surface area contributed by atoms with Crippen molar-refractivity contribution >= 4 is 34.3 Å². The summed E-state index contributed by atoms with van der Waals surface area (Å²) in [5.41, 5.74) is 0.765. The molecule has 0 aliphatic carbocycles. The summed E-state index contributed by atoms with van der Waals surface area (Å²) in [6.45, 7) is 0.549. The fraction of sp³-hybridized carbons (Fsp3) is 0.222. The number of ketones is 1. The molecule has 0 saturated carbocycles. The highest BCUT2D eigenvalue weighted by molar-refractivity contribution is 14.1. The van der Waals surface area contributed by atoms with Gasteiger partial charge >= 0.3 is 0 Å². The first-order chi connectivity index (χ1) is 12.0. The van der Waals surface area contributed by atoms with Crippen LogP contribution in [-0.4, -0.2) is 42.0 Å². The van der Waals surface area contributed by atoms with Crippen molar-refractivity contribution in [1.29, 1.82) is 0 Å². The van der Waals surface area contributed by atoms with Gasteiger partial charge in [-0.1, -0.05) is 12.1 Å². The molecule has 6 nitrogen and oxygen atoms in total. The van der Waals surface area contributed by atoms with Gasteiger partial charge in [0.05, 0.1) is 24.5 Å². The van der Waals surface area contributed by atoms with Crippen LogP contribution in [0.3, 0.4) is 0 Å². The molecule has 0 bridgehead atoms. The molecule has 1 aliphatic heterocycles. The number of halogens is 1. The highest BCUT2D eigenvalue weighted by Gasteiger charge is 2.44.